The Morgan fingerprint density at radius 3 is 2.12 bits per heavy atom. The van der Waals surface area contributed by atoms with Crippen LogP contribution < -0.4 is 16.2 Å². The first-order chi connectivity index (χ1) is 11.3. The number of rotatable bonds is 4. The molecule has 0 radical (unpaired) electrons. The third-order valence-corrected chi connectivity index (χ3v) is 2.85. The molecule has 10 heteroatoms. The highest BCUT2D eigenvalue weighted by Gasteiger charge is 2.21. The van der Waals surface area contributed by atoms with Gasteiger partial charge >= 0.3 is 6.09 Å². The van der Waals surface area contributed by atoms with E-state index in [-0.39, 0.29) is 11.3 Å². The Labute approximate surface area is 147 Å². The molecule has 1 aromatic carbocycles. The molecule has 1 rings (SSSR count). The van der Waals surface area contributed by atoms with Gasteiger partial charge in [-0.2, -0.15) is 8.42 Å². The topological polar surface area (TPSA) is 145 Å². The minimum absolute atomic E-state index is 0.146. The lowest BCUT2D eigenvalue weighted by molar-refractivity contribution is 0.0960. The zero-order chi connectivity index (χ0) is 19.8. The Morgan fingerprint density at radius 2 is 1.72 bits per heavy atom. The summed E-state index contributed by atoms with van der Waals surface area (Å²) in [5, 5.41) is 11.1. The SMILES string of the molecule is CNC(=O)c1cc(CNNC(=O)O)ccc1C(C)(C)C.CS(=O)(=O)O. The Balaban J connectivity index is 0.00000101. The number of carbonyl (C=O) groups excluding carboxylic acids is 1. The van der Waals surface area contributed by atoms with Gasteiger partial charge in [0, 0.05) is 19.2 Å². The molecule has 0 aliphatic heterocycles. The van der Waals surface area contributed by atoms with E-state index in [0.29, 0.717) is 18.4 Å². The van der Waals surface area contributed by atoms with Crippen LogP contribution in [0.15, 0.2) is 18.2 Å². The van der Waals surface area contributed by atoms with Gasteiger partial charge in [0.1, 0.15) is 0 Å². The molecule has 2 amide bonds. The van der Waals surface area contributed by atoms with Crippen LogP contribution in [0.25, 0.3) is 0 Å². The third-order valence-electron chi connectivity index (χ3n) is 2.85. The summed E-state index contributed by atoms with van der Waals surface area (Å²) in [7, 11) is -2.08. The van der Waals surface area contributed by atoms with Gasteiger partial charge in [-0.25, -0.2) is 10.2 Å². The van der Waals surface area contributed by atoms with Crippen molar-refractivity contribution in [1.29, 1.82) is 0 Å². The molecule has 0 spiro atoms. The van der Waals surface area contributed by atoms with Crippen molar-refractivity contribution in [3.63, 3.8) is 0 Å². The number of carbonyl (C=O) groups is 2. The largest absolute Gasteiger partial charge is 0.464 e. The molecule has 0 bridgehead atoms. The van der Waals surface area contributed by atoms with Crippen LogP contribution in [-0.2, 0) is 22.1 Å². The molecule has 9 nitrogen and oxygen atoms in total. The van der Waals surface area contributed by atoms with Gasteiger partial charge in [-0.1, -0.05) is 32.9 Å². The second kappa shape index (κ2) is 9.35. The molecule has 5 N–H and O–H groups in total. The number of nitrogens with one attached hydrogen (secondary N) is 3. The predicted octanol–water partition coefficient (Wildman–Crippen LogP) is 1.12. The monoisotopic (exact) mass is 375 g/mol. The predicted molar refractivity (Wildman–Crippen MR) is 94.0 cm³/mol. The standard InChI is InChI=1S/C14H21N3O3.CH4O3S/c1-14(2,3)11-6-5-9(8-16-17-13(19)20)7-10(11)12(18)15-4;1-5(2,3)4/h5-7,16-17H,8H2,1-4H3,(H,15,18)(H,19,20);1H3,(H,2,3,4). The van der Waals surface area contributed by atoms with Crippen LogP contribution in [0.2, 0.25) is 0 Å². The third kappa shape index (κ3) is 10.3. The van der Waals surface area contributed by atoms with Crippen molar-refractivity contribution in [3.05, 3.63) is 34.9 Å². The van der Waals surface area contributed by atoms with E-state index in [2.05, 4.69) is 16.2 Å². The Morgan fingerprint density at radius 1 is 1.20 bits per heavy atom. The van der Waals surface area contributed by atoms with Crippen LogP contribution in [0.1, 0.15) is 42.3 Å². The van der Waals surface area contributed by atoms with E-state index in [4.69, 9.17) is 9.66 Å². The van der Waals surface area contributed by atoms with Gasteiger partial charge in [-0.05, 0) is 22.6 Å². The first-order valence-corrected chi connectivity index (χ1v) is 9.10. The summed E-state index contributed by atoms with van der Waals surface area (Å²) < 4.78 is 25.9. The molecule has 0 heterocycles. The van der Waals surface area contributed by atoms with E-state index in [1.54, 1.807) is 13.1 Å². The lowest BCUT2D eigenvalue weighted by atomic mass is 9.83. The quantitative estimate of drug-likeness (QED) is 0.392. The smallest absolute Gasteiger partial charge is 0.419 e. The number of carboxylic acid groups (broad SMARTS) is 1. The molecule has 0 atom stereocenters. The van der Waals surface area contributed by atoms with Crippen molar-refractivity contribution in [3.8, 4) is 0 Å². The highest BCUT2D eigenvalue weighted by atomic mass is 32.2. The fourth-order valence-electron chi connectivity index (χ4n) is 1.90. The molecule has 0 aliphatic carbocycles. The van der Waals surface area contributed by atoms with Gasteiger partial charge < -0.3 is 10.4 Å². The Hall–Kier alpha value is -2.17. The van der Waals surface area contributed by atoms with Crippen LogP contribution in [-0.4, -0.2) is 43.4 Å². The maximum absolute atomic E-state index is 12.0. The van der Waals surface area contributed by atoms with Crippen LogP contribution in [0.3, 0.4) is 0 Å². The Bertz CT molecular complexity index is 702. The van der Waals surface area contributed by atoms with Crippen molar-refractivity contribution >= 4 is 22.1 Å². The highest BCUT2D eigenvalue weighted by molar-refractivity contribution is 7.85. The highest BCUT2D eigenvalue weighted by Crippen LogP contribution is 2.26. The van der Waals surface area contributed by atoms with Crippen LogP contribution in [0.4, 0.5) is 4.79 Å². The first-order valence-electron chi connectivity index (χ1n) is 7.25. The molecular weight excluding hydrogens is 350 g/mol. The molecule has 0 saturated carbocycles. The second-order valence-corrected chi connectivity index (χ2v) is 7.69. The molecule has 1 aromatic rings. The van der Waals surface area contributed by atoms with Crippen LogP contribution >= 0.6 is 0 Å². The zero-order valence-corrected chi connectivity index (χ0v) is 15.7. The molecule has 142 valence electrons. The van der Waals surface area contributed by atoms with Gasteiger partial charge in [0.15, 0.2) is 0 Å². The van der Waals surface area contributed by atoms with E-state index in [0.717, 1.165) is 11.1 Å². The van der Waals surface area contributed by atoms with E-state index in [9.17, 15) is 18.0 Å². The summed E-state index contributed by atoms with van der Waals surface area (Å²) in [6, 6.07) is 5.56. The molecule has 0 unspecified atom stereocenters. The van der Waals surface area contributed by atoms with Gasteiger partial charge in [-0.15, -0.1) is 0 Å². The molecule has 0 fully saturated rings. The van der Waals surface area contributed by atoms with Crippen LogP contribution in [0, 0.1) is 0 Å². The number of amides is 2. The summed E-state index contributed by atoms with van der Waals surface area (Å²) in [5.41, 5.74) is 6.87. The average Bonchev–Trinajstić information content (AvgIpc) is 2.43. The summed E-state index contributed by atoms with van der Waals surface area (Å²) in [6.45, 7) is 6.43. The van der Waals surface area contributed by atoms with Crippen molar-refractivity contribution in [2.75, 3.05) is 13.3 Å². The fraction of sp³-hybridized carbons (Fsp3) is 0.467. The number of hydrogen-bond donors (Lipinski definition) is 5. The molecule has 0 aromatic heterocycles. The Kier molecular flexibility index (Phi) is 8.54. The van der Waals surface area contributed by atoms with Gasteiger partial charge in [0.2, 0.25) is 0 Å². The summed E-state index contributed by atoms with van der Waals surface area (Å²) in [4.78, 5) is 22.3. The summed E-state index contributed by atoms with van der Waals surface area (Å²) >= 11 is 0. The van der Waals surface area contributed by atoms with E-state index in [1.165, 1.54) is 0 Å². The number of benzene rings is 1. The zero-order valence-electron chi connectivity index (χ0n) is 14.9. The van der Waals surface area contributed by atoms with Gasteiger partial charge in [0.05, 0.1) is 6.26 Å². The normalized spacial score (nSPS) is 11.1. The number of hydrazine groups is 1. The van der Waals surface area contributed by atoms with Gasteiger partial charge in [-0.3, -0.25) is 14.8 Å². The van der Waals surface area contributed by atoms with Crippen molar-refractivity contribution < 1.29 is 27.7 Å². The lowest BCUT2D eigenvalue weighted by Crippen LogP contribution is -2.35. The number of hydrogen-bond acceptors (Lipinski definition) is 5. The van der Waals surface area contributed by atoms with E-state index >= 15 is 0 Å². The lowest BCUT2D eigenvalue weighted by Gasteiger charge is -2.23. The maximum Gasteiger partial charge on any atom is 0.419 e. The minimum Gasteiger partial charge on any atom is -0.464 e. The summed E-state index contributed by atoms with van der Waals surface area (Å²) in [6.07, 6.45) is -0.435. The molecule has 25 heavy (non-hydrogen) atoms. The fourth-order valence-corrected chi connectivity index (χ4v) is 1.90. The summed E-state index contributed by atoms with van der Waals surface area (Å²) in [5.74, 6) is -0.150. The van der Waals surface area contributed by atoms with Crippen LogP contribution in [0.5, 0.6) is 0 Å². The van der Waals surface area contributed by atoms with Crippen molar-refractivity contribution in [2.24, 2.45) is 0 Å². The van der Waals surface area contributed by atoms with Crippen molar-refractivity contribution in [2.45, 2.75) is 32.7 Å². The second-order valence-electron chi connectivity index (χ2n) is 6.23. The molecule has 0 aliphatic rings. The first kappa shape index (κ1) is 22.8. The van der Waals surface area contributed by atoms with Crippen molar-refractivity contribution in [1.82, 2.24) is 16.2 Å². The molecule has 0 saturated heterocycles. The minimum atomic E-state index is -3.67. The average molecular weight is 375 g/mol. The molecular formula is C15H25N3O6S. The van der Waals surface area contributed by atoms with E-state index < -0.39 is 16.2 Å². The van der Waals surface area contributed by atoms with E-state index in [1.807, 2.05) is 32.9 Å². The maximum atomic E-state index is 12.0. The van der Waals surface area contributed by atoms with Gasteiger partial charge in [0.25, 0.3) is 16.0 Å².